The zero-order valence-corrected chi connectivity index (χ0v) is 13.3. The third-order valence-corrected chi connectivity index (χ3v) is 3.90. The second-order valence-electron chi connectivity index (χ2n) is 5.81. The quantitative estimate of drug-likeness (QED) is 0.574. The molecule has 0 heterocycles. The maximum absolute atomic E-state index is 3.69. The zero-order valence-electron chi connectivity index (χ0n) is 13.3. The van der Waals surface area contributed by atoms with Gasteiger partial charge in [0.1, 0.15) is 0 Å². The summed E-state index contributed by atoms with van der Waals surface area (Å²) in [5.74, 6) is 0. The van der Waals surface area contributed by atoms with Crippen molar-refractivity contribution < 1.29 is 0 Å². The van der Waals surface area contributed by atoms with Gasteiger partial charge in [0.2, 0.25) is 0 Å². The van der Waals surface area contributed by atoms with Crippen LogP contribution < -0.4 is 5.32 Å². The maximum atomic E-state index is 3.69. The molecule has 0 aliphatic heterocycles. The van der Waals surface area contributed by atoms with Crippen molar-refractivity contribution in [1.29, 1.82) is 0 Å². The zero-order chi connectivity index (χ0) is 14.9. The second-order valence-corrected chi connectivity index (χ2v) is 5.81. The van der Waals surface area contributed by atoms with E-state index in [1.165, 1.54) is 48.9 Å². The summed E-state index contributed by atoms with van der Waals surface area (Å²) in [6.07, 6.45) is 6.56. The summed E-state index contributed by atoms with van der Waals surface area (Å²) in [5, 5.41) is 3.69. The maximum Gasteiger partial charge on any atom is 0.0421 e. The summed E-state index contributed by atoms with van der Waals surface area (Å²) in [6, 6.07) is 19.7. The van der Waals surface area contributed by atoms with Crippen LogP contribution in [0.25, 0.3) is 11.1 Å². The van der Waals surface area contributed by atoms with Crippen molar-refractivity contribution in [3.8, 4) is 11.1 Å². The topological polar surface area (TPSA) is 12.0 Å². The number of rotatable bonds is 8. The molecule has 0 saturated heterocycles. The van der Waals surface area contributed by atoms with Crippen LogP contribution in [0, 0.1) is 0 Å². The lowest BCUT2D eigenvalue weighted by molar-refractivity contribution is 0.594. The average molecular weight is 281 g/mol. The predicted molar refractivity (Wildman–Crippen MR) is 93.7 cm³/mol. The van der Waals surface area contributed by atoms with Gasteiger partial charge in [-0.1, -0.05) is 81.1 Å². The van der Waals surface area contributed by atoms with Crippen molar-refractivity contribution in [3.63, 3.8) is 0 Å². The first-order chi connectivity index (χ1) is 10.3. The number of nitrogens with one attached hydrogen (secondary N) is 1. The van der Waals surface area contributed by atoms with Crippen molar-refractivity contribution in [2.24, 2.45) is 0 Å². The molecule has 0 amide bonds. The molecule has 1 nitrogen and oxygen atoms in total. The predicted octanol–water partition coefficient (Wildman–Crippen LogP) is 6.12. The minimum atomic E-state index is 0.520. The van der Waals surface area contributed by atoms with E-state index in [2.05, 4.69) is 73.8 Å². The lowest BCUT2D eigenvalue weighted by atomic mass is 10.0. The molecule has 112 valence electrons. The lowest BCUT2D eigenvalue weighted by Crippen LogP contribution is -2.15. The van der Waals surface area contributed by atoms with E-state index in [9.17, 15) is 0 Å². The van der Waals surface area contributed by atoms with Crippen LogP contribution in [0.15, 0.2) is 54.6 Å². The summed E-state index contributed by atoms with van der Waals surface area (Å²) >= 11 is 0. The third-order valence-electron chi connectivity index (χ3n) is 3.90. The van der Waals surface area contributed by atoms with Gasteiger partial charge in [-0.25, -0.2) is 0 Å². The summed E-state index contributed by atoms with van der Waals surface area (Å²) in [4.78, 5) is 0. The molecule has 0 fully saturated rings. The molecule has 21 heavy (non-hydrogen) atoms. The average Bonchev–Trinajstić information content (AvgIpc) is 2.53. The fourth-order valence-corrected chi connectivity index (χ4v) is 2.69. The highest BCUT2D eigenvalue weighted by molar-refractivity contribution is 5.77. The number of benzene rings is 2. The van der Waals surface area contributed by atoms with Crippen LogP contribution in [-0.2, 0) is 0 Å². The smallest absolute Gasteiger partial charge is 0.0421 e. The summed E-state index contributed by atoms with van der Waals surface area (Å²) < 4.78 is 0. The fourth-order valence-electron chi connectivity index (χ4n) is 2.69. The van der Waals surface area contributed by atoms with Gasteiger partial charge in [0.05, 0.1) is 0 Å². The monoisotopic (exact) mass is 281 g/mol. The van der Waals surface area contributed by atoms with Gasteiger partial charge in [0, 0.05) is 17.3 Å². The van der Waals surface area contributed by atoms with Crippen LogP contribution in [0.2, 0.25) is 0 Å². The number of anilines is 1. The summed E-state index contributed by atoms with van der Waals surface area (Å²) in [7, 11) is 0. The van der Waals surface area contributed by atoms with Gasteiger partial charge in [0.15, 0.2) is 0 Å². The van der Waals surface area contributed by atoms with Gasteiger partial charge in [-0.2, -0.15) is 0 Å². The first-order valence-electron chi connectivity index (χ1n) is 8.22. The van der Waals surface area contributed by atoms with Crippen LogP contribution in [0.5, 0.6) is 0 Å². The largest absolute Gasteiger partial charge is 0.382 e. The van der Waals surface area contributed by atoms with E-state index in [1.807, 2.05) is 0 Å². The normalized spacial score (nSPS) is 12.1. The van der Waals surface area contributed by atoms with Crippen molar-refractivity contribution in [2.45, 2.75) is 52.0 Å². The molecule has 0 aromatic heterocycles. The molecular weight excluding hydrogens is 254 g/mol. The minimum absolute atomic E-state index is 0.520. The molecule has 0 saturated carbocycles. The first kappa shape index (κ1) is 15.6. The highest BCUT2D eigenvalue weighted by Crippen LogP contribution is 2.28. The molecule has 0 bridgehead atoms. The lowest BCUT2D eigenvalue weighted by Gasteiger charge is -2.18. The Morgan fingerprint density at radius 3 is 2.33 bits per heavy atom. The number of hydrogen-bond donors (Lipinski definition) is 1. The minimum Gasteiger partial charge on any atom is -0.382 e. The SMILES string of the molecule is CCCCCCC(C)Nc1ccccc1-c1ccccc1. The Hall–Kier alpha value is -1.76. The molecule has 2 aromatic rings. The van der Waals surface area contributed by atoms with E-state index < -0.39 is 0 Å². The molecule has 1 heteroatoms. The Morgan fingerprint density at radius 2 is 1.57 bits per heavy atom. The van der Waals surface area contributed by atoms with Gasteiger partial charge in [-0.05, 0) is 25.0 Å². The molecule has 0 aliphatic carbocycles. The van der Waals surface area contributed by atoms with Crippen LogP contribution >= 0.6 is 0 Å². The van der Waals surface area contributed by atoms with Crippen LogP contribution in [0.4, 0.5) is 5.69 Å². The summed E-state index contributed by atoms with van der Waals surface area (Å²) in [5.41, 5.74) is 3.81. The molecule has 1 atom stereocenters. The first-order valence-corrected chi connectivity index (χ1v) is 8.22. The molecule has 2 aromatic carbocycles. The molecular formula is C20H27N. The van der Waals surface area contributed by atoms with Gasteiger partial charge in [0.25, 0.3) is 0 Å². The van der Waals surface area contributed by atoms with Crippen molar-refractivity contribution in [2.75, 3.05) is 5.32 Å². The molecule has 0 aliphatic rings. The highest BCUT2D eigenvalue weighted by Gasteiger charge is 2.07. The standard InChI is InChI=1S/C20H27N/c1-3-4-5-7-12-17(2)21-20-16-11-10-15-19(20)18-13-8-6-9-14-18/h6,8-11,13-17,21H,3-5,7,12H2,1-2H3. The van der Waals surface area contributed by atoms with E-state index >= 15 is 0 Å². The van der Waals surface area contributed by atoms with Gasteiger partial charge in [-0.3, -0.25) is 0 Å². The Labute approximate surface area is 129 Å². The molecule has 0 spiro atoms. The van der Waals surface area contributed by atoms with Crippen molar-refractivity contribution in [1.82, 2.24) is 0 Å². The molecule has 2 rings (SSSR count). The van der Waals surface area contributed by atoms with Crippen molar-refractivity contribution in [3.05, 3.63) is 54.6 Å². The van der Waals surface area contributed by atoms with Crippen LogP contribution in [0.1, 0.15) is 46.0 Å². The molecule has 1 N–H and O–H groups in total. The van der Waals surface area contributed by atoms with Crippen LogP contribution in [0.3, 0.4) is 0 Å². The second kappa shape index (κ2) is 8.51. The fraction of sp³-hybridized carbons (Fsp3) is 0.400. The Bertz CT molecular complexity index is 518. The number of para-hydroxylation sites is 1. The summed E-state index contributed by atoms with van der Waals surface area (Å²) in [6.45, 7) is 4.55. The molecule has 1 unspecified atom stereocenters. The Balaban J connectivity index is 2.00. The number of hydrogen-bond acceptors (Lipinski definition) is 1. The van der Waals surface area contributed by atoms with Crippen molar-refractivity contribution >= 4 is 5.69 Å². The molecule has 0 radical (unpaired) electrons. The van der Waals surface area contributed by atoms with E-state index in [-0.39, 0.29) is 0 Å². The van der Waals surface area contributed by atoms with Gasteiger partial charge >= 0.3 is 0 Å². The third kappa shape index (κ3) is 4.93. The van der Waals surface area contributed by atoms with E-state index in [4.69, 9.17) is 0 Å². The van der Waals surface area contributed by atoms with Crippen LogP contribution in [-0.4, -0.2) is 6.04 Å². The van der Waals surface area contributed by atoms with E-state index in [1.54, 1.807) is 0 Å². The van der Waals surface area contributed by atoms with Gasteiger partial charge < -0.3 is 5.32 Å². The number of unbranched alkanes of at least 4 members (excludes halogenated alkanes) is 3. The Morgan fingerprint density at radius 1 is 0.857 bits per heavy atom. The van der Waals surface area contributed by atoms with E-state index in [0.29, 0.717) is 6.04 Å². The Kier molecular flexibility index (Phi) is 6.33. The highest BCUT2D eigenvalue weighted by atomic mass is 14.9. The van der Waals surface area contributed by atoms with E-state index in [0.717, 1.165) is 0 Å². The van der Waals surface area contributed by atoms with Gasteiger partial charge in [-0.15, -0.1) is 0 Å².